The molecule has 0 saturated heterocycles. The first-order valence-corrected chi connectivity index (χ1v) is 7.61. The molecule has 1 aliphatic rings. The maximum Gasteiger partial charge on any atom is 0.257 e. The summed E-state index contributed by atoms with van der Waals surface area (Å²) in [5.74, 6) is 0.431. The van der Waals surface area contributed by atoms with Gasteiger partial charge in [0, 0.05) is 6.54 Å². The van der Waals surface area contributed by atoms with Crippen LogP contribution in [-0.2, 0) is 10.0 Å². The zero-order chi connectivity index (χ0) is 13.2. The van der Waals surface area contributed by atoms with Crippen LogP contribution < -0.4 is 4.72 Å². The monoisotopic (exact) mass is 273 g/mol. The summed E-state index contributed by atoms with van der Waals surface area (Å²) >= 11 is 0. The summed E-state index contributed by atoms with van der Waals surface area (Å²) in [4.78, 5) is 0. The lowest BCUT2D eigenvalue weighted by atomic mass is 9.79. The maximum atomic E-state index is 11.9. The highest BCUT2D eigenvalue weighted by Gasteiger charge is 2.34. The molecule has 7 heteroatoms. The zero-order valence-electron chi connectivity index (χ0n) is 10.4. The normalized spacial score (nSPS) is 29.3. The van der Waals surface area contributed by atoms with Gasteiger partial charge in [-0.05, 0) is 24.8 Å². The van der Waals surface area contributed by atoms with Gasteiger partial charge < -0.3 is 5.11 Å². The van der Waals surface area contributed by atoms with E-state index in [0.29, 0.717) is 18.8 Å². The van der Waals surface area contributed by atoms with Gasteiger partial charge in [-0.2, -0.15) is 5.10 Å². The molecule has 2 atom stereocenters. The summed E-state index contributed by atoms with van der Waals surface area (Å²) in [7, 11) is -3.60. The second-order valence-corrected chi connectivity index (χ2v) is 6.91. The van der Waals surface area contributed by atoms with E-state index in [1.165, 1.54) is 12.3 Å². The van der Waals surface area contributed by atoms with E-state index in [-0.39, 0.29) is 11.6 Å². The van der Waals surface area contributed by atoms with E-state index >= 15 is 0 Å². The van der Waals surface area contributed by atoms with Crippen molar-refractivity contribution in [3.05, 3.63) is 12.3 Å². The highest BCUT2D eigenvalue weighted by Crippen LogP contribution is 2.31. The second-order valence-electron chi connectivity index (χ2n) is 5.17. The Labute approximate surface area is 107 Å². The number of H-pyrrole nitrogens is 1. The fraction of sp³-hybridized carbons (Fsp3) is 0.727. The molecule has 0 bridgehead atoms. The first-order valence-electron chi connectivity index (χ1n) is 6.13. The van der Waals surface area contributed by atoms with Crippen LogP contribution in [0.15, 0.2) is 17.3 Å². The van der Waals surface area contributed by atoms with Gasteiger partial charge in [0.2, 0.25) is 0 Å². The first kappa shape index (κ1) is 13.5. The molecule has 2 unspecified atom stereocenters. The van der Waals surface area contributed by atoms with E-state index in [4.69, 9.17) is 0 Å². The van der Waals surface area contributed by atoms with E-state index < -0.39 is 15.6 Å². The topological polar surface area (TPSA) is 95.1 Å². The van der Waals surface area contributed by atoms with E-state index in [1.807, 2.05) is 0 Å². The third-order valence-electron chi connectivity index (χ3n) is 3.42. The van der Waals surface area contributed by atoms with E-state index in [2.05, 4.69) is 21.8 Å². The highest BCUT2D eigenvalue weighted by atomic mass is 32.2. The average Bonchev–Trinajstić information content (AvgIpc) is 2.80. The van der Waals surface area contributed by atoms with Crippen LogP contribution in [0.3, 0.4) is 0 Å². The summed E-state index contributed by atoms with van der Waals surface area (Å²) in [5.41, 5.74) is -0.926. The smallest absolute Gasteiger partial charge is 0.257 e. The first-order chi connectivity index (χ1) is 8.41. The molecule has 0 aliphatic heterocycles. The molecule has 1 aliphatic carbocycles. The van der Waals surface area contributed by atoms with Crippen molar-refractivity contribution < 1.29 is 13.5 Å². The lowest BCUT2D eigenvalue weighted by molar-refractivity contribution is -0.00752. The summed E-state index contributed by atoms with van der Waals surface area (Å²) in [6.45, 7) is 2.13. The Kier molecular flexibility index (Phi) is 3.74. The Morgan fingerprint density at radius 2 is 2.44 bits per heavy atom. The van der Waals surface area contributed by atoms with Crippen LogP contribution in [0.25, 0.3) is 0 Å². The molecule has 0 amide bonds. The third kappa shape index (κ3) is 3.09. The van der Waals surface area contributed by atoms with Gasteiger partial charge in [-0.25, -0.2) is 13.1 Å². The molecule has 0 spiro atoms. The minimum absolute atomic E-state index is 0.0231. The van der Waals surface area contributed by atoms with Crippen molar-refractivity contribution >= 4 is 10.0 Å². The van der Waals surface area contributed by atoms with Crippen molar-refractivity contribution in [2.75, 3.05) is 6.54 Å². The number of rotatable bonds is 4. The third-order valence-corrected chi connectivity index (χ3v) is 4.75. The second kappa shape index (κ2) is 4.99. The van der Waals surface area contributed by atoms with Crippen molar-refractivity contribution in [2.45, 2.75) is 43.2 Å². The van der Waals surface area contributed by atoms with E-state index in [0.717, 1.165) is 12.8 Å². The van der Waals surface area contributed by atoms with Crippen LogP contribution >= 0.6 is 0 Å². The van der Waals surface area contributed by atoms with Crippen LogP contribution in [0.1, 0.15) is 32.6 Å². The van der Waals surface area contributed by atoms with Crippen molar-refractivity contribution in [3.8, 4) is 0 Å². The van der Waals surface area contributed by atoms with Crippen LogP contribution in [0.2, 0.25) is 0 Å². The molecule has 1 aromatic rings. The Hall–Kier alpha value is -0.920. The predicted octanol–water partition coefficient (Wildman–Crippen LogP) is 0.629. The molecule has 18 heavy (non-hydrogen) atoms. The molecular weight excluding hydrogens is 254 g/mol. The SMILES string of the molecule is CC1CCCC(O)(CNS(=O)(=O)c2ccn[nH]2)C1. The molecule has 2 rings (SSSR count). The van der Waals surface area contributed by atoms with Gasteiger partial charge >= 0.3 is 0 Å². The van der Waals surface area contributed by atoms with Gasteiger partial charge in [-0.3, -0.25) is 5.10 Å². The fourth-order valence-electron chi connectivity index (χ4n) is 2.49. The van der Waals surface area contributed by atoms with E-state index in [9.17, 15) is 13.5 Å². The molecule has 1 heterocycles. The molecule has 6 nitrogen and oxygen atoms in total. The molecule has 102 valence electrons. The maximum absolute atomic E-state index is 11.9. The largest absolute Gasteiger partial charge is 0.389 e. The van der Waals surface area contributed by atoms with Crippen LogP contribution in [-0.4, -0.2) is 35.9 Å². The van der Waals surface area contributed by atoms with Crippen LogP contribution in [0, 0.1) is 5.92 Å². The van der Waals surface area contributed by atoms with Gasteiger partial charge in [-0.1, -0.05) is 19.8 Å². The van der Waals surface area contributed by atoms with Gasteiger partial charge in [0.15, 0.2) is 5.03 Å². The van der Waals surface area contributed by atoms with Crippen molar-refractivity contribution in [2.24, 2.45) is 5.92 Å². The Morgan fingerprint density at radius 3 is 3.06 bits per heavy atom. The Balaban J connectivity index is 1.99. The summed E-state index contributed by atoms with van der Waals surface area (Å²) < 4.78 is 26.2. The number of aromatic nitrogens is 2. The summed E-state index contributed by atoms with van der Waals surface area (Å²) in [6, 6.07) is 1.38. The predicted molar refractivity (Wildman–Crippen MR) is 66.4 cm³/mol. The molecule has 0 aromatic carbocycles. The Morgan fingerprint density at radius 1 is 1.67 bits per heavy atom. The molecule has 3 N–H and O–H groups in total. The van der Waals surface area contributed by atoms with Crippen LogP contribution in [0.5, 0.6) is 0 Å². The molecule has 0 radical (unpaired) electrons. The van der Waals surface area contributed by atoms with Gasteiger partial charge in [0.25, 0.3) is 10.0 Å². The average molecular weight is 273 g/mol. The minimum atomic E-state index is -3.60. The number of hydrogen-bond donors (Lipinski definition) is 3. The van der Waals surface area contributed by atoms with Crippen LogP contribution in [0.4, 0.5) is 0 Å². The zero-order valence-corrected chi connectivity index (χ0v) is 11.2. The number of nitrogens with one attached hydrogen (secondary N) is 2. The minimum Gasteiger partial charge on any atom is -0.389 e. The quantitative estimate of drug-likeness (QED) is 0.750. The standard InChI is InChI=1S/C11H19N3O3S/c1-9-3-2-5-11(15,7-9)8-13-18(16,17)10-4-6-12-14-10/h4,6,9,13,15H,2-3,5,7-8H2,1H3,(H,12,14). The number of aliphatic hydroxyl groups is 1. The molecule has 1 saturated carbocycles. The van der Waals surface area contributed by atoms with Crippen molar-refractivity contribution in [3.63, 3.8) is 0 Å². The number of sulfonamides is 1. The lowest BCUT2D eigenvalue weighted by Gasteiger charge is -2.35. The number of aromatic amines is 1. The van der Waals surface area contributed by atoms with Gasteiger partial charge in [-0.15, -0.1) is 0 Å². The van der Waals surface area contributed by atoms with Gasteiger partial charge in [0.1, 0.15) is 0 Å². The fourth-order valence-corrected chi connectivity index (χ4v) is 3.52. The van der Waals surface area contributed by atoms with E-state index in [1.54, 1.807) is 0 Å². The van der Waals surface area contributed by atoms with Crippen molar-refractivity contribution in [1.29, 1.82) is 0 Å². The summed E-state index contributed by atoms with van der Waals surface area (Å²) in [6.07, 6.45) is 4.69. The summed E-state index contributed by atoms with van der Waals surface area (Å²) in [5, 5.41) is 16.4. The molecule has 1 aromatic heterocycles. The Bertz CT molecular complexity index is 486. The number of hydrogen-bond acceptors (Lipinski definition) is 4. The number of nitrogens with zero attached hydrogens (tertiary/aromatic N) is 1. The van der Waals surface area contributed by atoms with Gasteiger partial charge in [0.05, 0.1) is 11.8 Å². The highest BCUT2D eigenvalue weighted by molar-refractivity contribution is 7.89. The van der Waals surface area contributed by atoms with Crippen molar-refractivity contribution in [1.82, 2.24) is 14.9 Å². The lowest BCUT2D eigenvalue weighted by Crippen LogP contribution is -2.45. The molecular formula is C11H19N3O3S. The molecule has 1 fully saturated rings.